The summed E-state index contributed by atoms with van der Waals surface area (Å²) < 4.78 is 4.05. The van der Waals surface area contributed by atoms with E-state index in [1.165, 1.54) is 10.9 Å². The minimum absolute atomic E-state index is 0.0744. The lowest BCUT2D eigenvalue weighted by atomic mass is 10.2. The number of para-hydroxylation sites is 2. The van der Waals surface area contributed by atoms with Gasteiger partial charge in [0.1, 0.15) is 0 Å². The Labute approximate surface area is 164 Å². The molecule has 0 fully saturated rings. The van der Waals surface area contributed by atoms with Gasteiger partial charge in [-0.2, -0.15) is 5.10 Å². The van der Waals surface area contributed by atoms with Gasteiger partial charge in [-0.25, -0.2) is 4.68 Å². The van der Waals surface area contributed by atoms with Crippen LogP contribution < -0.4 is 5.32 Å². The fourth-order valence-corrected chi connectivity index (χ4v) is 3.56. The molecule has 4 aromatic rings. The van der Waals surface area contributed by atoms with Crippen LogP contribution in [0.5, 0.6) is 0 Å². The van der Waals surface area contributed by atoms with E-state index in [1.807, 2.05) is 48.9 Å². The Morgan fingerprint density at radius 2 is 1.82 bits per heavy atom. The molecule has 0 saturated heterocycles. The van der Waals surface area contributed by atoms with Gasteiger partial charge in [-0.1, -0.05) is 36.4 Å². The van der Waals surface area contributed by atoms with Crippen LogP contribution in [-0.4, -0.2) is 26.8 Å². The number of nitrogens with zero attached hydrogens (tertiary/aromatic N) is 3. The van der Waals surface area contributed by atoms with Crippen molar-refractivity contribution in [1.82, 2.24) is 19.7 Å². The number of amides is 1. The van der Waals surface area contributed by atoms with Crippen molar-refractivity contribution in [2.75, 3.05) is 6.54 Å². The van der Waals surface area contributed by atoms with E-state index < -0.39 is 0 Å². The maximum Gasteiger partial charge on any atom is 0.254 e. The molecule has 0 aliphatic carbocycles. The molecule has 2 aromatic carbocycles. The highest BCUT2D eigenvalue weighted by Gasteiger charge is 2.15. The first kappa shape index (κ1) is 18.0. The molecule has 0 unspecified atom stereocenters. The first-order chi connectivity index (χ1) is 13.6. The number of carbonyl (C=O) groups excluding carboxylic acids is 1. The summed E-state index contributed by atoms with van der Waals surface area (Å²) in [5.74, 6) is -0.0744. The van der Waals surface area contributed by atoms with Crippen molar-refractivity contribution in [2.45, 2.75) is 26.8 Å². The maximum atomic E-state index is 12.6. The molecule has 2 heterocycles. The lowest BCUT2D eigenvalue weighted by molar-refractivity contribution is 0.0952. The van der Waals surface area contributed by atoms with Crippen LogP contribution in [0.4, 0.5) is 0 Å². The van der Waals surface area contributed by atoms with Gasteiger partial charge in [0.15, 0.2) is 0 Å². The molecule has 0 atom stereocenters. The molecule has 0 bridgehead atoms. The molecule has 0 aliphatic rings. The predicted molar refractivity (Wildman–Crippen MR) is 112 cm³/mol. The van der Waals surface area contributed by atoms with Crippen LogP contribution in [0.3, 0.4) is 0 Å². The standard InChI is InChI=1S/C23H24N4O/c1-17-8-3-5-10-21(17)27-18(2)20(16-25-27)23(28)24-13-7-14-26-15-12-19-9-4-6-11-22(19)26/h3-6,8-12,15-16H,7,13-14H2,1-2H3,(H,24,28). The number of benzene rings is 2. The molecule has 4 rings (SSSR count). The molecule has 1 amide bonds. The van der Waals surface area contributed by atoms with E-state index in [0.717, 1.165) is 29.9 Å². The molecule has 5 heteroatoms. The van der Waals surface area contributed by atoms with Gasteiger partial charge in [-0.15, -0.1) is 0 Å². The van der Waals surface area contributed by atoms with Crippen LogP contribution >= 0.6 is 0 Å². The van der Waals surface area contributed by atoms with E-state index in [4.69, 9.17) is 0 Å². The second-order valence-electron chi connectivity index (χ2n) is 7.02. The van der Waals surface area contributed by atoms with Gasteiger partial charge in [0.25, 0.3) is 5.91 Å². The van der Waals surface area contributed by atoms with E-state index in [1.54, 1.807) is 6.20 Å². The zero-order chi connectivity index (χ0) is 19.5. The molecule has 142 valence electrons. The highest BCUT2D eigenvalue weighted by molar-refractivity contribution is 5.95. The molecule has 2 aromatic heterocycles. The van der Waals surface area contributed by atoms with Gasteiger partial charge in [0.05, 0.1) is 23.1 Å². The first-order valence-electron chi connectivity index (χ1n) is 9.58. The van der Waals surface area contributed by atoms with E-state index in [9.17, 15) is 4.79 Å². The fraction of sp³-hybridized carbons (Fsp3) is 0.217. The monoisotopic (exact) mass is 372 g/mol. The summed E-state index contributed by atoms with van der Waals surface area (Å²) in [5, 5.41) is 8.69. The third-order valence-electron chi connectivity index (χ3n) is 5.14. The summed E-state index contributed by atoms with van der Waals surface area (Å²) in [6.07, 6.45) is 4.62. The fourth-order valence-electron chi connectivity index (χ4n) is 3.56. The number of rotatable bonds is 6. The molecule has 5 nitrogen and oxygen atoms in total. The summed E-state index contributed by atoms with van der Waals surface area (Å²) in [6.45, 7) is 5.47. The van der Waals surface area contributed by atoms with E-state index in [2.05, 4.69) is 45.4 Å². The van der Waals surface area contributed by atoms with Crippen molar-refractivity contribution in [2.24, 2.45) is 0 Å². The summed E-state index contributed by atoms with van der Waals surface area (Å²) >= 11 is 0. The minimum Gasteiger partial charge on any atom is -0.352 e. The van der Waals surface area contributed by atoms with E-state index >= 15 is 0 Å². The third-order valence-corrected chi connectivity index (χ3v) is 5.14. The van der Waals surface area contributed by atoms with Crippen molar-refractivity contribution in [1.29, 1.82) is 0 Å². The van der Waals surface area contributed by atoms with Crippen LogP contribution in [-0.2, 0) is 6.54 Å². The number of fused-ring (bicyclic) bond motifs is 1. The van der Waals surface area contributed by atoms with Crippen LogP contribution in [0.1, 0.15) is 28.0 Å². The van der Waals surface area contributed by atoms with Crippen LogP contribution in [0.15, 0.2) is 67.0 Å². The Bertz CT molecular complexity index is 1120. The van der Waals surface area contributed by atoms with E-state index in [-0.39, 0.29) is 5.91 Å². The van der Waals surface area contributed by atoms with Crippen molar-refractivity contribution < 1.29 is 4.79 Å². The zero-order valence-electron chi connectivity index (χ0n) is 16.2. The molecule has 0 aliphatic heterocycles. The molecule has 0 spiro atoms. The van der Waals surface area contributed by atoms with Crippen molar-refractivity contribution in [3.8, 4) is 5.69 Å². The van der Waals surface area contributed by atoms with Gasteiger partial charge in [-0.3, -0.25) is 4.79 Å². The minimum atomic E-state index is -0.0744. The molecule has 0 radical (unpaired) electrons. The smallest absolute Gasteiger partial charge is 0.254 e. The lowest BCUT2D eigenvalue weighted by Gasteiger charge is -2.09. The van der Waals surface area contributed by atoms with Crippen molar-refractivity contribution in [3.63, 3.8) is 0 Å². The molecule has 28 heavy (non-hydrogen) atoms. The summed E-state index contributed by atoms with van der Waals surface area (Å²) in [7, 11) is 0. The normalized spacial score (nSPS) is 11.1. The average molecular weight is 372 g/mol. The maximum absolute atomic E-state index is 12.6. The number of hydrogen-bond donors (Lipinski definition) is 1. The van der Waals surface area contributed by atoms with Gasteiger partial charge < -0.3 is 9.88 Å². The number of hydrogen-bond acceptors (Lipinski definition) is 2. The highest BCUT2D eigenvalue weighted by atomic mass is 16.1. The summed E-state index contributed by atoms with van der Waals surface area (Å²) in [5.41, 5.74) is 4.82. The Morgan fingerprint density at radius 1 is 1.04 bits per heavy atom. The van der Waals surface area contributed by atoms with E-state index in [0.29, 0.717) is 12.1 Å². The van der Waals surface area contributed by atoms with Gasteiger partial charge in [-0.05, 0) is 49.4 Å². The number of aromatic nitrogens is 3. The largest absolute Gasteiger partial charge is 0.352 e. The second kappa shape index (κ2) is 7.72. The first-order valence-corrected chi connectivity index (χ1v) is 9.58. The van der Waals surface area contributed by atoms with Crippen molar-refractivity contribution in [3.05, 3.63) is 83.8 Å². The van der Waals surface area contributed by atoms with Gasteiger partial charge in [0.2, 0.25) is 0 Å². The van der Waals surface area contributed by atoms with Gasteiger partial charge in [0, 0.05) is 24.8 Å². The second-order valence-corrected chi connectivity index (χ2v) is 7.02. The summed E-state index contributed by atoms with van der Waals surface area (Å²) in [4.78, 5) is 12.6. The van der Waals surface area contributed by atoms with Gasteiger partial charge >= 0.3 is 0 Å². The Balaban J connectivity index is 1.37. The third kappa shape index (κ3) is 3.43. The van der Waals surface area contributed by atoms with Crippen LogP contribution in [0.2, 0.25) is 0 Å². The Hall–Kier alpha value is -3.34. The lowest BCUT2D eigenvalue weighted by Crippen LogP contribution is -2.25. The number of nitrogens with one attached hydrogen (secondary N) is 1. The SMILES string of the molecule is Cc1ccccc1-n1ncc(C(=O)NCCCn2ccc3ccccc32)c1C. The molecule has 0 saturated carbocycles. The van der Waals surface area contributed by atoms with Crippen LogP contribution in [0, 0.1) is 13.8 Å². The molecule has 1 N–H and O–H groups in total. The topological polar surface area (TPSA) is 51.9 Å². The Morgan fingerprint density at radius 3 is 2.68 bits per heavy atom. The van der Waals surface area contributed by atoms with Crippen LogP contribution in [0.25, 0.3) is 16.6 Å². The quantitative estimate of drug-likeness (QED) is 0.514. The zero-order valence-corrected chi connectivity index (χ0v) is 16.2. The average Bonchev–Trinajstić information content (AvgIpc) is 3.29. The van der Waals surface area contributed by atoms with Crippen molar-refractivity contribution >= 4 is 16.8 Å². The molecular weight excluding hydrogens is 348 g/mol. The number of aryl methyl sites for hydroxylation is 2. The Kier molecular flexibility index (Phi) is 4.98. The highest BCUT2D eigenvalue weighted by Crippen LogP contribution is 2.18. The molecular formula is C23H24N4O. The predicted octanol–water partition coefficient (Wildman–Crippen LogP) is 4.26. The number of carbonyl (C=O) groups is 1. The summed E-state index contributed by atoms with van der Waals surface area (Å²) in [6, 6.07) is 18.5.